The van der Waals surface area contributed by atoms with Crippen molar-refractivity contribution in [3.05, 3.63) is 42.2 Å². The van der Waals surface area contributed by atoms with E-state index >= 15 is 0 Å². The Labute approximate surface area is 118 Å². The third kappa shape index (κ3) is 3.60. The molecule has 0 radical (unpaired) electrons. The van der Waals surface area contributed by atoms with E-state index < -0.39 is 0 Å². The van der Waals surface area contributed by atoms with Crippen LogP contribution in [0.25, 0.3) is 0 Å². The molecule has 1 atom stereocenters. The Morgan fingerprint density at radius 1 is 1.35 bits per heavy atom. The highest BCUT2D eigenvalue weighted by Crippen LogP contribution is 2.16. The maximum atomic E-state index is 12.0. The van der Waals surface area contributed by atoms with Gasteiger partial charge in [-0.2, -0.15) is 5.10 Å². The van der Waals surface area contributed by atoms with Crippen molar-refractivity contribution in [2.75, 3.05) is 12.4 Å². The van der Waals surface area contributed by atoms with E-state index in [1.165, 1.54) is 0 Å². The molecule has 0 unspecified atom stereocenters. The zero-order chi connectivity index (χ0) is 14.5. The summed E-state index contributed by atoms with van der Waals surface area (Å²) in [5, 5.41) is 7.18. The van der Waals surface area contributed by atoms with Gasteiger partial charge in [-0.1, -0.05) is 0 Å². The summed E-state index contributed by atoms with van der Waals surface area (Å²) < 4.78 is 6.88. The van der Waals surface area contributed by atoms with Crippen LogP contribution in [0.5, 0.6) is 5.75 Å². The lowest BCUT2D eigenvalue weighted by Gasteiger charge is -2.12. The lowest BCUT2D eigenvalue weighted by molar-refractivity contribution is -0.116. The molecule has 1 amide bonds. The van der Waals surface area contributed by atoms with Crippen molar-refractivity contribution in [2.45, 2.75) is 26.3 Å². The number of anilines is 1. The van der Waals surface area contributed by atoms with E-state index in [4.69, 9.17) is 4.74 Å². The van der Waals surface area contributed by atoms with Gasteiger partial charge in [0.15, 0.2) is 0 Å². The topological polar surface area (TPSA) is 56.1 Å². The molecule has 2 rings (SSSR count). The number of carbonyl (C=O) groups is 1. The molecule has 0 bridgehead atoms. The molecule has 20 heavy (non-hydrogen) atoms. The number of methoxy groups -OCH3 is 1. The number of aromatic nitrogens is 2. The molecule has 1 N–H and O–H groups in total. The second-order valence-corrected chi connectivity index (χ2v) is 4.77. The van der Waals surface area contributed by atoms with Gasteiger partial charge in [0.25, 0.3) is 0 Å². The summed E-state index contributed by atoms with van der Waals surface area (Å²) in [5.74, 6) is 0.735. The molecule has 1 aromatic heterocycles. The summed E-state index contributed by atoms with van der Waals surface area (Å²) >= 11 is 0. The first-order chi connectivity index (χ1) is 9.58. The standard InChI is InChI=1S/C15H19N3O2/c1-11-8-9-18(17-11)12(2)10-15(19)16-13-4-6-14(20-3)7-5-13/h4-9,12H,10H2,1-3H3,(H,16,19)/t12-/m0/s1. The van der Waals surface area contributed by atoms with E-state index in [0.29, 0.717) is 6.42 Å². The number of benzene rings is 1. The fourth-order valence-electron chi connectivity index (χ4n) is 1.93. The summed E-state index contributed by atoms with van der Waals surface area (Å²) in [6.07, 6.45) is 2.27. The highest BCUT2D eigenvalue weighted by atomic mass is 16.5. The van der Waals surface area contributed by atoms with E-state index in [1.54, 1.807) is 7.11 Å². The number of ether oxygens (including phenoxy) is 1. The summed E-state index contributed by atoms with van der Waals surface area (Å²) in [6, 6.07) is 9.23. The minimum absolute atomic E-state index is 0.0296. The zero-order valence-corrected chi connectivity index (χ0v) is 12.0. The molecule has 0 aliphatic rings. The van der Waals surface area contributed by atoms with Crippen molar-refractivity contribution in [1.29, 1.82) is 0 Å². The quantitative estimate of drug-likeness (QED) is 0.911. The average Bonchev–Trinajstić information content (AvgIpc) is 2.86. The van der Waals surface area contributed by atoms with Crippen molar-refractivity contribution in [2.24, 2.45) is 0 Å². The Balaban J connectivity index is 1.91. The molecule has 1 heterocycles. The number of nitrogens with one attached hydrogen (secondary N) is 1. The van der Waals surface area contributed by atoms with Gasteiger partial charge in [-0.3, -0.25) is 9.48 Å². The number of aryl methyl sites for hydroxylation is 1. The average molecular weight is 273 g/mol. The van der Waals surface area contributed by atoms with Gasteiger partial charge in [-0.05, 0) is 44.2 Å². The molecule has 2 aromatic rings. The normalized spacial score (nSPS) is 11.9. The van der Waals surface area contributed by atoms with Crippen molar-refractivity contribution in [1.82, 2.24) is 9.78 Å². The van der Waals surface area contributed by atoms with Gasteiger partial charge in [0.2, 0.25) is 5.91 Å². The van der Waals surface area contributed by atoms with E-state index in [9.17, 15) is 4.79 Å². The number of amides is 1. The summed E-state index contributed by atoms with van der Waals surface area (Å²) in [6.45, 7) is 3.90. The van der Waals surface area contributed by atoms with Gasteiger partial charge in [0.05, 0.1) is 18.8 Å². The van der Waals surface area contributed by atoms with Crippen LogP contribution in [0.3, 0.4) is 0 Å². The third-order valence-electron chi connectivity index (χ3n) is 3.05. The molecule has 5 nitrogen and oxygen atoms in total. The van der Waals surface area contributed by atoms with Crippen molar-refractivity contribution < 1.29 is 9.53 Å². The van der Waals surface area contributed by atoms with Crippen LogP contribution >= 0.6 is 0 Å². The molecule has 0 spiro atoms. The molecular weight excluding hydrogens is 254 g/mol. The molecule has 5 heteroatoms. The minimum atomic E-state index is -0.0316. The van der Waals surface area contributed by atoms with Crippen LogP contribution in [-0.4, -0.2) is 22.8 Å². The van der Waals surface area contributed by atoms with Crippen LogP contribution in [0.4, 0.5) is 5.69 Å². The summed E-state index contributed by atoms with van der Waals surface area (Å²) in [4.78, 5) is 12.0. The maximum absolute atomic E-state index is 12.0. The molecular formula is C15H19N3O2. The van der Waals surface area contributed by atoms with Crippen LogP contribution < -0.4 is 10.1 Å². The molecule has 0 aliphatic carbocycles. The largest absolute Gasteiger partial charge is 0.497 e. The number of rotatable bonds is 5. The van der Waals surface area contributed by atoms with E-state index in [-0.39, 0.29) is 11.9 Å². The Morgan fingerprint density at radius 2 is 2.05 bits per heavy atom. The Hall–Kier alpha value is -2.30. The van der Waals surface area contributed by atoms with Crippen LogP contribution in [-0.2, 0) is 4.79 Å². The van der Waals surface area contributed by atoms with Gasteiger partial charge < -0.3 is 10.1 Å². The first-order valence-corrected chi connectivity index (χ1v) is 6.54. The summed E-state index contributed by atoms with van der Waals surface area (Å²) in [5.41, 5.74) is 1.71. The van der Waals surface area contributed by atoms with Gasteiger partial charge in [-0.15, -0.1) is 0 Å². The molecule has 0 saturated carbocycles. The van der Waals surface area contributed by atoms with Crippen LogP contribution in [0.1, 0.15) is 25.1 Å². The van der Waals surface area contributed by atoms with Crippen molar-refractivity contribution in [3.8, 4) is 5.75 Å². The molecule has 0 fully saturated rings. The second kappa shape index (κ2) is 6.23. The number of hydrogen-bond donors (Lipinski definition) is 1. The first-order valence-electron chi connectivity index (χ1n) is 6.54. The fraction of sp³-hybridized carbons (Fsp3) is 0.333. The minimum Gasteiger partial charge on any atom is -0.497 e. The predicted molar refractivity (Wildman–Crippen MR) is 77.9 cm³/mol. The third-order valence-corrected chi connectivity index (χ3v) is 3.05. The number of hydrogen-bond acceptors (Lipinski definition) is 3. The van der Waals surface area contributed by atoms with E-state index in [1.807, 2.05) is 55.1 Å². The lowest BCUT2D eigenvalue weighted by Crippen LogP contribution is -2.18. The smallest absolute Gasteiger partial charge is 0.226 e. The molecule has 1 aromatic carbocycles. The maximum Gasteiger partial charge on any atom is 0.226 e. The van der Waals surface area contributed by atoms with Crippen LogP contribution in [0.2, 0.25) is 0 Å². The van der Waals surface area contributed by atoms with E-state index in [0.717, 1.165) is 17.1 Å². The van der Waals surface area contributed by atoms with Crippen LogP contribution in [0.15, 0.2) is 36.5 Å². The first kappa shape index (κ1) is 14.1. The zero-order valence-electron chi connectivity index (χ0n) is 12.0. The lowest BCUT2D eigenvalue weighted by atomic mass is 10.2. The number of nitrogens with zero attached hydrogens (tertiary/aromatic N) is 2. The predicted octanol–water partition coefficient (Wildman–Crippen LogP) is 2.79. The Bertz CT molecular complexity index is 575. The molecule has 0 saturated heterocycles. The van der Waals surface area contributed by atoms with Gasteiger partial charge in [0.1, 0.15) is 5.75 Å². The SMILES string of the molecule is COc1ccc(NC(=O)C[C@H](C)n2ccc(C)n2)cc1. The Morgan fingerprint density at radius 3 is 2.60 bits per heavy atom. The van der Waals surface area contributed by atoms with E-state index in [2.05, 4.69) is 10.4 Å². The Kier molecular flexibility index (Phi) is 4.40. The van der Waals surface area contributed by atoms with Crippen molar-refractivity contribution in [3.63, 3.8) is 0 Å². The van der Waals surface area contributed by atoms with Gasteiger partial charge >= 0.3 is 0 Å². The number of carbonyl (C=O) groups excluding carboxylic acids is 1. The monoisotopic (exact) mass is 273 g/mol. The summed E-state index contributed by atoms with van der Waals surface area (Å²) in [7, 11) is 1.61. The van der Waals surface area contributed by atoms with Gasteiger partial charge in [0, 0.05) is 18.3 Å². The molecule has 106 valence electrons. The van der Waals surface area contributed by atoms with Crippen molar-refractivity contribution >= 4 is 11.6 Å². The highest BCUT2D eigenvalue weighted by molar-refractivity contribution is 5.90. The van der Waals surface area contributed by atoms with Crippen LogP contribution in [0, 0.1) is 6.92 Å². The highest BCUT2D eigenvalue weighted by Gasteiger charge is 2.11. The molecule has 0 aliphatic heterocycles. The van der Waals surface area contributed by atoms with Gasteiger partial charge in [-0.25, -0.2) is 0 Å². The fourth-order valence-corrected chi connectivity index (χ4v) is 1.93. The second-order valence-electron chi connectivity index (χ2n) is 4.77.